The summed E-state index contributed by atoms with van der Waals surface area (Å²) in [5, 5.41) is 0. The van der Waals surface area contributed by atoms with Gasteiger partial charge in [0.25, 0.3) is 0 Å². The molecule has 1 aromatic carbocycles. The molecular formula is C20H23N5O2. The summed E-state index contributed by atoms with van der Waals surface area (Å²) >= 11 is 0. The molecule has 0 N–H and O–H groups in total. The van der Waals surface area contributed by atoms with Crippen LogP contribution >= 0.6 is 0 Å². The first-order chi connectivity index (χ1) is 13.0. The molecule has 1 saturated heterocycles. The summed E-state index contributed by atoms with van der Waals surface area (Å²) in [6.45, 7) is 6.44. The smallest absolute Gasteiger partial charge is 0.241 e. The third-order valence-corrected chi connectivity index (χ3v) is 4.79. The lowest BCUT2D eigenvalue weighted by Gasteiger charge is -2.32. The lowest BCUT2D eigenvalue weighted by molar-refractivity contribution is -0.129. The van der Waals surface area contributed by atoms with Crippen molar-refractivity contribution in [1.82, 2.24) is 14.9 Å². The summed E-state index contributed by atoms with van der Waals surface area (Å²) in [6, 6.07) is 7.99. The standard InChI is InChI=1S/C20H23N5O2/c1-13(2)27-15-5-4-14-10-21-20(16(14)8-15)17-9-18(23-12-22-17)25-7-6-24(3)19(26)11-25/h4-5,8-9,12-13H,6-7,10-11H2,1-3H3. The number of carbonyl (C=O) groups is 1. The Bertz CT molecular complexity index is 909. The minimum atomic E-state index is 0.0976. The molecule has 3 heterocycles. The molecule has 2 aliphatic heterocycles. The highest BCUT2D eigenvalue weighted by molar-refractivity contribution is 6.14. The summed E-state index contributed by atoms with van der Waals surface area (Å²) in [6.07, 6.45) is 1.66. The summed E-state index contributed by atoms with van der Waals surface area (Å²) in [5.74, 6) is 1.69. The second-order valence-electron chi connectivity index (χ2n) is 7.15. The molecule has 7 heteroatoms. The molecule has 0 atom stereocenters. The summed E-state index contributed by atoms with van der Waals surface area (Å²) < 4.78 is 5.83. The van der Waals surface area contributed by atoms with E-state index < -0.39 is 0 Å². The lowest BCUT2D eigenvalue weighted by atomic mass is 10.0. The predicted molar refractivity (Wildman–Crippen MR) is 103 cm³/mol. The Kier molecular flexibility index (Phi) is 4.51. The van der Waals surface area contributed by atoms with Crippen molar-refractivity contribution in [2.45, 2.75) is 26.5 Å². The van der Waals surface area contributed by atoms with Gasteiger partial charge in [0.05, 0.1) is 30.6 Å². The molecule has 1 amide bonds. The third-order valence-electron chi connectivity index (χ3n) is 4.79. The van der Waals surface area contributed by atoms with Crippen molar-refractivity contribution in [2.75, 3.05) is 31.6 Å². The van der Waals surface area contributed by atoms with Crippen LogP contribution in [0.15, 0.2) is 35.6 Å². The van der Waals surface area contributed by atoms with E-state index in [4.69, 9.17) is 4.74 Å². The van der Waals surface area contributed by atoms with E-state index in [1.165, 1.54) is 0 Å². The minimum Gasteiger partial charge on any atom is -0.491 e. The number of likely N-dealkylation sites (N-methyl/N-ethyl adjacent to an activating group) is 1. The van der Waals surface area contributed by atoms with Gasteiger partial charge >= 0.3 is 0 Å². The molecule has 7 nitrogen and oxygen atoms in total. The number of carbonyl (C=O) groups excluding carboxylic acids is 1. The highest BCUT2D eigenvalue weighted by atomic mass is 16.5. The van der Waals surface area contributed by atoms with Gasteiger partial charge in [-0.25, -0.2) is 9.97 Å². The molecule has 140 valence electrons. The van der Waals surface area contributed by atoms with Gasteiger partial charge in [0.15, 0.2) is 0 Å². The second-order valence-corrected chi connectivity index (χ2v) is 7.15. The molecule has 0 aliphatic carbocycles. The van der Waals surface area contributed by atoms with E-state index in [0.717, 1.165) is 40.6 Å². The van der Waals surface area contributed by atoms with Crippen molar-refractivity contribution in [3.05, 3.63) is 47.4 Å². The molecule has 27 heavy (non-hydrogen) atoms. The number of aliphatic imine (C=N–C) groups is 1. The van der Waals surface area contributed by atoms with Gasteiger partial charge in [0, 0.05) is 31.8 Å². The number of fused-ring (bicyclic) bond motifs is 1. The molecule has 4 rings (SSSR count). The zero-order valence-corrected chi connectivity index (χ0v) is 15.8. The van der Waals surface area contributed by atoms with Gasteiger partial charge in [-0.05, 0) is 31.5 Å². The predicted octanol–water partition coefficient (Wildman–Crippen LogP) is 1.89. The van der Waals surface area contributed by atoms with Crippen molar-refractivity contribution < 1.29 is 9.53 Å². The first kappa shape index (κ1) is 17.5. The van der Waals surface area contributed by atoms with Crippen LogP contribution in [-0.2, 0) is 11.3 Å². The first-order valence-electron chi connectivity index (χ1n) is 9.17. The van der Waals surface area contributed by atoms with Crippen LogP contribution in [0.5, 0.6) is 5.75 Å². The van der Waals surface area contributed by atoms with Gasteiger partial charge in [0.1, 0.15) is 17.9 Å². The van der Waals surface area contributed by atoms with Crippen molar-refractivity contribution in [2.24, 2.45) is 4.99 Å². The number of nitrogens with zero attached hydrogens (tertiary/aromatic N) is 5. The summed E-state index contributed by atoms with van der Waals surface area (Å²) in [7, 11) is 1.83. The van der Waals surface area contributed by atoms with E-state index in [1.807, 2.05) is 44.0 Å². The molecule has 0 spiro atoms. The quantitative estimate of drug-likeness (QED) is 0.828. The van der Waals surface area contributed by atoms with Crippen molar-refractivity contribution in [1.29, 1.82) is 0 Å². The zero-order valence-electron chi connectivity index (χ0n) is 15.8. The molecule has 2 aromatic rings. The number of ether oxygens (including phenoxy) is 1. The Hall–Kier alpha value is -2.96. The monoisotopic (exact) mass is 365 g/mol. The van der Waals surface area contributed by atoms with Gasteiger partial charge in [-0.3, -0.25) is 9.79 Å². The molecule has 0 unspecified atom stereocenters. The number of hydrogen-bond acceptors (Lipinski definition) is 6. The Morgan fingerprint density at radius 1 is 1.15 bits per heavy atom. The third kappa shape index (κ3) is 3.49. The highest BCUT2D eigenvalue weighted by Crippen LogP contribution is 2.28. The second kappa shape index (κ2) is 6.98. The fourth-order valence-electron chi connectivity index (χ4n) is 3.33. The average molecular weight is 365 g/mol. The van der Waals surface area contributed by atoms with E-state index in [0.29, 0.717) is 19.6 Å². The number of rotatable bonds is 4. The molecule has 1 fully saturated rings. The number of aromatic nitrogens is 2. The fraction of sp³-hybridized carbons (Fsp3) is 0.400. The van der Waals surface area contributed by atoms with Crippen LogP contribution in [0.2, 0.25) is 0 Å². The first-order valence-corrected chi connectivity index (χ1v) is 9.17. The Labute approximate surface area is 158 Å². The topological polar surface area (TPSA) is 70.9 Å². The highest BCUT2D eigenvalue weighted by Gasteiger charge is 2.24. The van der Waals surface area contributed by atoms with Crippen LogP contribution in [0.1, 0.15) is 30.7 Å². The van der Waals surface area contributed by atoms with Gasteiger partial charge in [-0.15, -0.1) is 0 Å². The fourth-order valence-corrected chi connectivity index (χ4v) is 3.33. The van der Waals surface area contributed by atoms with E-state index in [2.05, 4.69) is 21.0 Å². The molecule has 0 saturated carbocycles. The Morgan fingerprint density at radius 3 is 2.78 bits per heavy atom. The minimum absolute atomic E-state index is 0.0976. The summed E-state index contributed by atoms with van der Waals surface area (Å²) in [5.41, 5.74) is 3.83. The Morgan fingerprint density at radius 2 is 2.00 bits per heavy atom. The normalized spacial score (nSPS) is 16.6. The van der Waals surface area contributed by atoms with Crippen LogP contribution in [0.25, 0.3) is 0 Å². The maximum atomic E-state index is 12.0. The van der Waals surface area contributed by atoms with Crippen LogP contribution in [0.3, 0.4) is 0 Å². The van der Waals surface area contributed by atoms with E-state index in [9.17, 15) is 4.79 Å². The van der Waals surface area contributed by atoms with Crippen LogP contribution < -0.4 is 9.64 Å². The summed E-state index contributed by atoms with van der Waals surface area (Å²) in [4.78, 5) is 29.2. The maximum absolute atomic E-state index is 12.0. The van der Waals surface area contributed by atoms with Gasteiger partial charge < -0.3 is 14.5 Å². The molecule has 0 radical (unpaired) electrons. The van der Waals surface area contributed by atoms with Crippen LogP contribution in [0.4, 0.5) is 5.82 Å². The average Bonchev–Trinajstić information content (AvgIpc) is 3.07. The molecule has 1 aromatic heterocycles. The van der Waals surface area contributed by atoms with Gasteiger partial charge in [-0.2, -0.15) is 0 Å². The Balaban J connectivity index is 1.62. The molecule has 2 aliphatic rings. The zero-order chi connectivity index (χ0) is 19.0. The SMILES string of the molecule is CC(C)Oc1ccc2c(c1)C(c1cc(N3CCN(C)C(=O)C3)ncn1)=NC2. The van der Waals surface area contributed by atoms with Crippen molar-refractivity contribution in [3.8, 4) is 5.75 Å². The number of anilines is 1. The number of piperazine rings is 1. The van der Waals surface area contributed by atoms with Crippen molar-refractivity contribution in [3.63, 3.8) is 0 Å². The molecule has 0 bridgehead atoms. The van der Waals surface area contributed by atoms with Crippen molar-refractivity contribution >= 4 is 17.4 Å². The van der Waals surface area contributed by atoms with Gasteiger partial charge in [0.2, 0.25) is 5.91 Å². The van der Waals surface area contributed by atoms with E-state index >= 15 is 0 Å². The van der Waals surface area contributed by atoms with E-state index in [-0.39, 0.29) is 12.0 Å². The van der Waals surface area contributed by atoms with Crippen LogP contribution in [0, 0.1) is 0 Å². The van der Waals surface area contributed by atoms with Gasteiger partial charge in [-0.1, -0.05) is 6.07 Å². The number of amides is 1. The number of hydrogen-bond donors (Lipinski definition) is 0. The maximum Gasteiger partial charge on any atom is 0.241 e. The largest absolute Gasteiger partial charge is 0.491 e. The number of benzene rings is 1. The molecular weight excluding hydrogens is 342 g/mol. The van der Waals surface area contributed by atoms with E-state index in [1.54, 1.807) is 11.2 Å². The lowest BCUT2D eigenvalue weighted by Crippen LogP contribution is -2.48. The van der Waals surface area contributed by atoms with Crippen LogP contribution in [-0.4, -0.2) is 59.3 Å².